The summed E-state index contributed by atoms with van der Waals surface area (Å²) < 4.78 is 0. The van der Waals surface area contributed by atoms with Crippen LogP contribution in [-0.2, 0) is 14.4 Å². The van der Waals surface area contributed by atoms with Gasteiger partial charge in [0, 0.05) is 6.42 Å². The lowest BCUT2D eigenvalue weighted by Gasteiger charge is -2.09. The Bertz CT molecular complexity index is 227. The molecule has 0 aliphatic heterocycles. The lowest BCUT2D eigenvalue weighted by atomic mass is 10.2. The minimum atomic E-state index is -1.10. The predicted molar refractivity (Wildman–Crippen MR) is 54.4 cm³/mol. The molecule has 5 heteroatoms. The highest BCUT2D eigenvalue weighted by Gasteiger charge is 2.14. The van der Waals surface area contributed by atoms with Crippen molar-refractivity contribution >= 4 is 18.2 Å². The third kappa shape index (κ3) is 7.66. The molecule has 0 spiro atoms. The quantitative estimate of drug-likeness (QED) is 0.461. The van der Waals surface area contributed by atoms with E-state index in [9.17, 15) is 14.4 Å². The number of rotatable bonds is 8. The second-order valence-corrected chi connectivity index (χ2v) is 3.37. The number of carbonyl (C=O) groups excluding carboxylic acids is 2. The van der Waals surface area contributed by atoms with Crippen molar-refractivity contribution in [2.75, 3.05) is 0 Å². The average Bonchev–Trinajstić information content (AvgIpc) is 2.16. The number of hydrogen-bond donors (Lipinski definition) is 2. The molecule has 1 atom stereocenters. The smallest absolute Gasteiger partial charge is 0.305 e. The molecule has 0 fully saturated rings. The monoisotopic (exact) mass is 215 g/mol. The summed E-state index contributed by atoms with van der Waals surface area (Å²) in [6.07, 6.45) is 3.17. The Morgan fingerprint density at radius 3 is 2.53 bits per heavy atom. The lowest BCUT2D eigenvalue weighted by molar-refractivity contribution is -0.138. The minimum absolute atomic E-state index is 0.262. The van der Waals surface area contributed by atoms with Crippen molar-refractivity contribution in [1.29, 1.82) is 0 Å². The Morgan fingerprint density at radius 1 is 1.40 bits per heavy atom. The molecule has 0 saturated carbocycles. The molecule has 0 aromatic rings. The van der Waals surface area contributed by atoms with Crippen molar-refractivity contribution in [2.45, 2.75) is 45.1 Å². The SMILES string of the molecule is CCCCCC(=O)N[C@@H](C=O)CC(=O)O. The van der Waals surface area contributed by atoms with Gasteiger partial charge in [-0.1, -0.05) is 19.8 Å². The molecule has 5 nitrogen and oxygen atoms in total. The lowest BCUT2D eigenvalue weighted by Crippen LogP contribution is -2.37. The molecule has 0 aliphatic rings. The summed E-state index contributed by atoms with van der Waals surface area (Å²) in [7, 11) is 0. The zero-order valence-electron chi connectivity index (χ0n) is 8.86. The number of aliphatic carboxylic acids is 1. The number of aldehydes is 1. The van der Waals surface area contributed by atoms with Gasteiger partial charge in [-0.2, -0.15) is 0 Å². The van der Waals surface area contributed by atoms with Crippen LogP contribution in [0.15, 0.2) is 0 Å². The zero-order chi connectivity index (χ0) is 11.7. The molecular formula is C10H17NO4. The van der Waals surface area contributed by atoms with Crippen LogP contribution in [-0.4, -0.2) is 29.3 Å². The van der Waals surface area contributed by atoms with Crippen molar-refractivity contribution in [3.63, 3.8) is 0 Å². The fourth-order valence-corrected chi connectivity index (χ4v) is 1.14. The van der Waals surface area contributed by atoms with Gasteiger partial charge in [-0.3, -0.25) is 9.59 Å². The first-order valence-electron chi connectivity index (χ1n) is 5.06. The van der Waals surface area contributed by atoms with Crippen LogP contribution in [0.5, 0.6) is 0 Å². The van der Waals surface area contributed by atoms with Crippen LogP contribution in [0, 0.1) is 0 Å². The molecule has 0 radical (unpaired) electrons. The number of nitrogens with one attached hydrogen (secondary N) is 1. The van der Waals surface area contributed by atoms with Crippen LogP contribution in [0.2, 0.25) is 0 Å². The second kappa shape index (κ2) is 7.96. The van der Waals surface area contributed by atoms with Gasteiger partial charge in [0.1, 0.15) is 6.29 Å². The number of carboxylic acid groups (broad SMARTS) is 1. The zero-order valence-corrected chi connectivity index (χ0v) is 8.86. The maximum Gasteiger partial charge on any atom is 0.305 e. The van der Waals surface area contributed by atoms with Gasteiger partial charge in [0.2, 0.25) is 5.91 Å². The number of carboxylic acids is 1. The highest BCUT2D eigenvalue weighted by atomic mass is 16.4. The molecule has 0 aromatic heterocycles. The fourth-order valence-electron chi connectivity index (χ4n) is 1.14. The van der Waals surface area contributed by atoms with E-state index in [2.05, 4.69) is 5.32 Å². The minimum Gasteiger partial charge on any atom is -0.481 e. The standard InChI is InChI=1S/C10H17NO4/c1-2-3-4-5-9(13)11-8(7-12)6-10(14)15/h7-8H,2-6H2,1H3,(H,11,13)(H,14,15)/t8-/m1/s1. The van der Waals surface area contributed by atoms with E-state index in [1.807, 2.05) is 6.92 Å². The number of amides is 1. The second-order valence-electron chi connectivity index (χ2n) is 3.37. The number of hydrogen-bond acceptors (Lipinski definition) is 3. The largest absolute Gasteiger partial charge is 0.481 e. The van der Waals surface area contributed by atoms with Gasteiger partial charge in [-0.15, -0.1) is 0 Å². The van der Waals surface area contributed by atoms with Gasteiger partial charge in [-0.25, -0.2) is 0 Å². The highest BCUT2D eigenvalue weighted by Crippen LogP contribution is 1.99. The molecule has 86 valence electrons. The van der Waals surface area contributed by atoms with Gasteiger partial charge in [-0.05, 0) is 6.42 Å². The van der Waals surface area contributed by atoms with Gasteiger partial charge >= 0.3 is 5.97 Å². The predicted octanol–water partition coefficient (Wildman–Crippen LogP) is 0.725. The molecule has 0 aliphatic carbocycles. The van der Waals surface area contributed by atoms with E-state index in [-0.39, 0.29) is 12.3 Å². The van der Waals surface area contributed by atoms with Crippen LogP contribution >= 0.6 is 0 Å². The Balaban J connectivity index is 3.80. The molecule has 0 unspecified atom stereocenters. The Hall–Kier alpha value is -1.39. The van der Waals surface area contributed by atoms with Crippen molar-refractivity contribution in [2.24, 2.45) is 0 Å². The van der Waals surface area contributed by atoms with Crippen molar-refractivity contribution in [3.05, 3.63) is 0 Å². The van der Waals surface area contributed by atoms with Gasteiger partial charge in [0.25, 0.3) is 0 Å². The maximum atomic E-state index is 11.2. The van der Waals surface area contributed by atoms with Crippen LogP contribution in [0.25, 0.3) is 0 Å². The van der Waals surface area contributed by atoms with E-state index < -0.39 is 12.0 Å². The van der Waals surface area contributed by atoms with Crippen molar-refractivity contribution in [1.82, 2.24) is 5.32 Å². The molecule has 0 heterocycles. The summed E-state index contributed by atoms with van der Waals surface area (Å²) in [6.45, 7) is 2.02. The first-order chi connectivity index (χ1) is 7.10. The topological polar surface area (TPSA) is 83.5 Å². The molecule has 0 saturated heterocycles. The first-order valence-corrected chi connectivity index (χ1v) is 5.06. The molecule has 2 N–H and O–H groups in total. The third-order valence-electron chi connectivity index (χ3n) is 1.91. The maximum absolute atomic E-state index is 11.2. The van der Waals surface area contributed by atoms with Gasteiger partial charge in [0.15, 0.2) is 0 Å². The first kappa shape index (κ1) is 13.6. The summed E-state index contributed by atoms with van der Waals surface area (Å²) in [4.78, 5) is 31.9. The number of carbonyl (C=O) groups is 3. The summed E-state index contributed by atoms with van der Waals surface area (Å²) in [6, 6.07) is -0.906. The molecular weight excluding hydrogens is 198 g/mol. The fraction of sp³-hybridized carbons (Fsp3) is 0.700. The van der Waals surface area contributed by atoms with Crippen LogP contribution < -0.4 is 5.32 Å². The summed E-state index contributed by atoms with van der Waals surface area (Å²) in [5, 5.41) is 10.8. The van der Waals surface area contributed by atoms with E-state index in [4.69, 9.17) is 5.11 Å². The van der Waals surface area contributed by atoms with Gasteiger partial charge in [0.05, 0.1) is 12.5 Å². The van der Waals surface area contributed by atoms with E-state index in [0.717, 1.165) is 19.3 Å². The van der Waals surface area contributed by atoms with Crippen molar-refractivity contribution < 1.29 is 19.5 Å². The molecule has 1 amide bonds. The van der Waals surface area contributed by atoms with Crippen molar-refractivity contribution in [3.8, 4) is 0 Å². The Morgan fingerprint density at radius 2 is 2.07 bits per heavy atom. The van der Waals surface area contributed by atoms with Crippen LogP contribution in [0.1, 0.15) is 39.0 Å². The molecule has 0 bridgehead atoms. The van der Waals surface area contributed by atoms with E-state index in [1.165, 1.54) is 0 Å². The van der Waals surface area contributed by atoms with Crippen LogP contribution in [0.3, 0.4) is 0 Å². The van der Waals surface area contributed by atoms with E-state index in [0.29, 0.717) is 12.7 Å². The van der Waals surface area contributed by atoms with E-state index >= 15 is 0 Å². The Labute approximate surface area is 88.9 Å². The van der Waals surface area contributed by atoms with Crippen LogP contribution in [0.4, 0.5) is 0 Å². The van der Waals surface area contributed by atoms with Gasteiger partial charge < -0.3 is 15.2 Å². The summed E-state index contributed by atoms with van der Waals surface area (Å²) in [5.74, 6) is -1.36. The summed E-state index contributed by atoms with van der Waals surface area (Å²) in [5.41, 5.74) is 0. The molecule has 0 rings (SSSR count). The normalized spacial score (nSPS) is 11.8. The number of unbranched alkanes of at least 4 members (excludes halogenated alkanes) is 2. The van der Waals surface area contributed by atoms with E-state index in [1.54, 1.807) is 0 Å². The molecule has 15 heavy (non-hydrogen) atoms. The average molecular weight is 215 g/mol. The third-order valence-corrected chi connectivity index (χ3v) is 1.91. The molecule has 0 aromatic carbocycles. The Kier molecular flexibility index (Phi) is 7.23. The highest BCUT2D eigenvalue weighted by molar-refractivity contribution is 5.82. The summed E-state index contributed by atoms with van der Waals surface area (Å²) >= 11 is 0.